The zero-order chi connectivity index (χ0) is 24.2. The molecule has 3 rings (SSSR count). The summed E-state index contributed by atoms with van der Waals surface area (Å²) in [5, 5.41) is 5.72. The topological polar surface area (TPSA) is 96.3 Å². The number of hydrogen-bond donors (Lipinski definition) is 0. The highest BCUT2D eigenvalue weighted by Gasteiger charge is 2.28. The average Bonchev–Trinajstić information content (AvgIpc) is 2.78. The maximum atomic E-state index is 12.9. The molecule has 0 spiro atoms. The standard InChI is InChI=1S/C24H29N3O5S/c1-17-9-10-18(2)22(15-17)27-23(28)12-11-21(25-27)24(29)26(3)13-6-14-32-19-7-5-8-20(16-19)33(4,30)31/h5,7-10,15-16H,6,11-14H2,1-4H3. The molecule has 1 heterocycles. The van der Waals surface area contributed by atoms with Crippen molar-refractivity contribution in [2.24, 2.45) is 5.10 Å². The van der Waals surface area contributed by atoms with Crippen LogP contribution in [-0.4, -0.2) is 57.3 Å². The monoisotopic (exact) mass is 471 g/mol. The van der Waals surface area contributed by atoms with Gasteiger partial charge in [-0.25, -0.2) is 13.4 Å². The molecule has 0 unspecified atom stereocenters. The number of rotatable bonds is 8. The van der Waals surface area contributed by atoms with Crippen LogP contribution in [0.3, 0.4) is 0 Å². The largest absolute Gasteiger partial charge is 0.493 e. The van der Waals surface area contributed by atoms with E-state index in [0.717, 1.165) is 17.4 Å². The molecule has 0 fully saturated rings. The van der Waals surface area contributed by atoms with Crippen molar-refractivity contribution in [3.63, 3.8) is 0 Å². The van der Waals surface area contributed by atoms with E-state index < -0.39 is 9.84 Å². The molecular formula is C24H29N3O5S. The number of amides is 2. The zero-order valence-corrected chi connectivity index (χ0v) is 20.2. The third kappa shape index (κ3) is 6.19. The molecule has 0 saturated carbocycles. The molecule has 0 atom stereocenters. The van der Waals surface area contributed by atoms with E-state index >= 15 is 0 Å². The van der Waals surface area contributed by atoms with Crippen LogP contribution in [0.1, 0.15) is 30.4 Å². The van der Waals surface area contributed by atoms with Gasteiger partial charge in [-0.1, -0.05) is 18.2 Å². The quantitative estimate of drug-likeness (QED) is 0.551. The fraction of sp³-hybridized carbons (Fsp3) is 0.375. The first-order valence-electron chi connectivity index (χ1n) is 10.7. The minimum Gasteiger partial charge on any atom is -0.493 e. The molecule has 0 saturated heterocycles. The first kappa shape index (κ1) is 24.4. The number of benzene rings is 2. The molecule has 1 aliphatic rings. The third-order valence-corrected chi connectivity index (χ3v) is 6.47. The maximum absolute atomic E-state index is 12.9. The second-order valence-corrected chi connectivity index (χ2v) is 10.2. The molecule has 33 heavy (non-hydrogen) atoms. The highest BCUT2D eigenvalue weighted by molar-refractivity contribution is 7.90. The van der Waals surface area contributed by atoms with Crippen LogP contribution in [0.25, 0.3) is 0 Å². The lowest BCUT2D eigenvalue weighted by Gasteiger charge is -2.26. The van der Waals surface area contributed by atoms with Gasteiger partial charge >= 0.3 is 0 Å². The van der Waals surface area contributed by atoms with Gasteiger partial charge in [0.05, 0.1) is 17.2 Å². The molecule has 0 bridgehead atoms. The van der Waals surface area contributed by atoms with Crippen LogP contribution in [0.4, 0.5) is 5.69 Å². The van der Waals surface area contributed by atoms with Crippen LogP contribution in [0, 0.1) is 13.8 Å². The Morgan fingerprint density at radius 1 is 1.15 bits per heavy atom. The highest BCUT2D eigenvalue weighted by Crippen LogP contribution is 2.25. The fourth-order valence-corrected chi connectivity index (χ4v) is 4.11. The smallest absolute Gasteiger partial charge is 0.269 e. The van der Waals surface area contributed by atoms with Gasteiger partial charge in [0.1, 0.15) is 11.5 Å². The van der Waals surface area contributed by atoms with Crippen molar-refractivity contribution in [3.05, 3.63) is 53.6 Å². The van der Waals surface area contributed by atoms with Crippen molar-refractivity contribution in [3.8, 4) is 5.75 Å². The van der Waals surface area contributed by atoms with Crippen LogP contribution < -0.4 is 9.75 Å². The lowest BCUT2D eigenvalue weighted by molar-refractivity contribution is -0.123. The van der Waals surface area contributed by atoms with Crippen molar-refractivity contribution >= 4 is 33.1 Å². The van der Waals surface area contributed by atoms with Crippen LogP contribution in [0.2, 0.25) is 0 Å². The lowest BCUT2D eigenvalue weighted by atomic mass is 10.1. The second kappa shape index (κ2) is 10.2. The summed E-state index contributed by atoms with van der Waals surface area (Å²) in [6.07, 6.45) is 2.23. The molecular weight excluding hydrogens is 442 g/mol. The summed E-state index contributed by atoms with van der Waals surface area (Å²) >= 11 is 0. The summed E-state index contributed by atoms with van der Waals surface area (Å²) in [7, 11) is -1.61. The van der Waals surface area contributed by atoms with Crippen molar-refractivity contribution in [2.75, 3.05) is 31.5 Å². The molecule has 0 aromatic heterocycles. The Morgan fingerprint density at radius 2 is 1.91 bits per heavy atom. The van der Waals surface area contributed by atoms with Gasteiger partial charge in [0.25, 0.3) is 5.91 Å². The Hall–Kier alpha value is -3.20. The van der Waals surface area contributed by atoms with Gasteiger partial charge < -0.3 is 9.64 Å². The van der Waals surface area contributed by atoms with Crippen molar-refractivity contribution in [1.82, 2.24) is 4.90 Å². The van der Waals surface area contributed by atoms with E-state index in [1.54, 1.807) is 24.1 Å². The minimum atomic E-state index is -3.30. The van der Waals surface area contributed by atoms with E-state index in [-0.39, 0.29) is 23.1 Å². The lowest BCUT2D eigenvalue weighted by Crippen LogP contribution is -2.40. The summed E-state index contributed by atoms with van der Waals surface area (Å²) < 4.78 is 29.0. The minimum absolute atomic E-state index is 0.132. The van der Waals surface area contributed by atoms with E-state index in [0.29, 0.717) is 43.1 Å². The number of ether oxygens (including phenoxy) is 1. The number of carbonyl (C=O) groups excluding carboxylic acids is 2. The predicted molar refractivity (Wildman–Crippen MR) is 127 cm³/mol. The van der Waals surface area contributed by atoms with E-state index in [1.807, 2.05) is 32.0 Å². The van der Waals surface area contributed by atoms with Crippen molar-refractivity contribution < 1.29 is 22.7 Å². The van der Waals surface area contributed by atoms with Gasteiger partial charge in [-0.2, -0.15) is 5.10 Å². The molecule has 2 amide bonds. The molecule has 8 nitrogen and oxygen atoms in total. The fourth-order valence-electron chi connectivity index (χ4n) is 3.45. The SMILES string of the molecule is Cc1ccc(C)c(N2N=C(C(=O)N(C)CCCOc3cccc(S(C)(=O)=O)c3)CCC2=O)c1. The molecule has 0 N–H and O–H groups in total. The first-order chi connectivity index (χ1) is 15.6. The number of sulfone groups is 1. The van der Waals surface area contributed by atoms with Gasteiger partial charge in [0.15, 0.2) is 9.84 Å². The number of aryl methyl sites for hydroxylation is 2. The normalized spacial score (nSPS) is 14.1. The van der Waals surface area contributed by atoms with Gasteiger partial charge in [0.2, 0.25) is 5.91 Å². The molecule has 9 heteroatoms. The van der Waals surface area contributed by atoms with E-state index in [9.17, 15) is 18.0 Å². The second-order valence-electron chi connectivity index (χ2n) is 8.22. The predicted octanol–water partition coefficient (Wildman–Crippen LogP) is 3.12. The van der Waals surface area contributed by atoms with E-state index in [2.05, 4.69) is 5.10 Å². The van der Waals surface area contributed by atoms with Crippen LogP contribution in [0.5, 0.6) is 5.75 Å². The highest BCUT2D eigenvalue weighted by atomic mass is 32.2. The Balaban J connectivity index is 1.59. The van der Waals surface area contributed by atoms with E-state index in [1.165, 1.54) is 17.1 Å². The molecule has 2 aromatic carbocycles. The Labute approximate surface area is 194 Å². The first-order valence-corrected chi connectivity index (χ1v) is 12.6. The number of hydrazone groups is 1. The summed E-state index contributed by atoms with van der Waals surface area (Å²) in [5.74, 6) is 0.107. The van der Waals surface area contributed by atoms with Gasteiger partial charge in [0, 0.05) is 32.7 Å². The molecule has 1 aliphatic heterocycles. The number of hydrogen-bond acceptors (Lipinski definition) is 6. The molecule has 0 aliphatic carbocycles. The molecule has 0 radical (unpaired) electrons. The van der Waals surface area contributed by atoms with Gasteiger partial charge in [-0.3, -0.25) is 9.59 Å². The Kier molecular flexibility index (Phi) is 7.53. The van der Waals surface area contributed by atoms with Crippen molar-refractivity contribution in [1.29, 1.82) is 0 Å². The molecule has 176 valence electrons. The zero-order valence-electron chi connectivity index (χ0n) is 19.4. The van der Waals surface area contributed by atoms with Crippen LogP contribution in [-0.2, 0) is 19.4 Å². The number of carbonyl (C=O) groups is 2. The summed E-state index contributed by atoms with van der Waals surface area (Å²) in [5.41, 5.74) is 2.96. The van der Waals surface area contributed by atoms with Crippen LogP contribution in [0.15, 0.2) is 52.5 Å². The summed E-state index contributed by atoms with van der Waals surface area (Å²) in [4.78, 5) is 27.1. The Bertz CT molecular complexity index is 1190. The van der Waals surface area contributed by atoms with Crippen molar-refractivity contribution in [2.45, 2.75) is 38.0 Å². The summed E-state index contributed by atoms with van der Waals surface area (Å²) in [6, 6.07) is 12.1. The maximum Gasteiger partial charge on any atom is 0.269 e. The number of nitrogens with zero attached hydrogens (tertiary/aromatic N) is 3. The third-order valence-electron chi connectivity index (χ3n) is 5.36. The number of anilines is 1. The van der Waals surface area contributed by atoms with E-state index in [4.69, 9.17) is 4.74 Å². The molecule has 2 aromatic rings. The Morgan fingerprint density at radius 3 is 2.64 bits per heavy atom. The summed E-state index contributed by atoms with van der Waals surface area (Å²) in [6.45, 7) is 4.61. The average molecular weight is 472 g/mol. The van der Waals surface area contributed by atoms with Crippen LogP contribution >= 0.6 is 0 Å². The van der Waals surface area contributed by atoms with Gasteiger partial charge in [-0.05, 0) is 55.7 Å². The van der Waals surface area contributed by atoms with Gasteiger partial charge in [-0.15, -0.1) is 0 Å².